The molecule has 0 amide bonds. The summed E-state index contributed by atoms with van der Waals surface area (Å²) >= 11 is 5.80. The van der Waals surface area contributed by atoms with Crippen LogP contribution in [0.15, 0.2) is 48.0 Å². The zero-order valence-corrected chi connectivity index (χ0v) is 9.92. The standard InChI is InChI=1S/C14H13ClO/c1-10(15)7-11-3-4-13-9-14(16-2)6-5-12(13)8-11/h3-6,8-9H,1,7H2,2H3. The average Bonchev–Trinajstić information content (AvgIpc) is 2.27. The van der Waals surface area contributed by atoms with Crippen molar-refractivity contribution in [3.8, 4) is 5.75 Å². The third-order valence-corrected chi connectivity index (χ3v) is 2.64. The molecule has 82 valence electrons. The predicted octanol–water partition coefficient (Wildman–Crippen LogP) is 4.14. The van der Waals surface area contributed by atoms with E-state index >= 15 is 0 Å². The molecule has 1 nitrogen and oxygen atoms in total. The lowest BCUT2D eigenvalue weighted by molar-refractivity contribution is 0.415. The molecule has 0 aliphatic carbocycles. The van der Waals surface area contributed by atoms with Crippen molar-refractivity contribution in [3.63, 3.8) is 0 Å². The SMILES string of the molecule is C=C(Cl)Cc1ccc2cc(OC)ccc2c1. The summed E-state index contributed by atoms with van der Waals surface area (Å²) in [7, 11) is 1.67. The van der Waals surface area contributed by atoms with Crippen molar-refractivity contribution in [2.24, 2.45) is 0 Å². The third-order valence-electron chi connectivity index (χ3n) is 2.51. The highest BCUT2D eigenvalue weighted by Crippen LogP contribution is 2.23. The van der Waals surface area contributed by atoms with Crippen LogP contribution in [0.1, 0.15) is 5.56 Å². The zero-order chi connectivity index (χ0) is 11.5. The van der Waals surface area contributed by atoms with Crippen LogP contribution in [0.5, 0.6) is 5.75 Å². The van der Waals surface area contributed by atoms with E-state index in [2.05, 4.69) is 30.8 Å². The highest BCUT2D eigenvalue weighted by molar-refractivity contribution is 6.29. The molecule has 16 heavy (non-hydrogen) atoms. The van der Waals surface area contributed by atoms with Crippen LogP contribution in [0, 0.1) is 0 Å². The first-order valence-corrected chi connectivity index (χ1v) is 5.47. The van der Waals surface area contributed by atoms with Gasteiger partial charge >= 0.3 is 0 Å². The molecule has 0 radical (unpaired) electrons. The second-order valence-electron chi connectivity index (χ2n) is 3.74. The molecule has 2 aromatic rings. The van der Waals surface area contributed by atoms with Crippen LogP contribution in [-0.4, -0.2) is 7.11 Å². The quantitative estimate of drug-likeness (QED) is 0.773. The lowest BCUT2D eigenvalue weighted by Crippen LogP contribution is -1.86. The topological polar surface area (TPSA) is 9.23 Å². The largest absolute Gasteiger partial charge is 0.497 e. The summed E-state index contributed by atoms with van der Waals surface area (Å²) in [5.74, 6) is 0.877. The number of hydrogen-bond donors (Lipinski definition) is 0. The van der Waals surface area contributed by atoms with Gasteiger partial charge in [0.05, 0.1) is 7.11 Å². The van der Waals surface area contributed by atoms with Gasteiger partial charge in [-0.15, -0.1) is 0 Å². The normalized spacial score (nSPS) is 10.4. The van der Waals surface area contributed by atoms with Gasteiger partial charge < -0.3 is 4.74 Å². The molecule has 0 saturated heterocycles. The summed E-state index contributed by atoms with van der Waals surface area (Å²) in [5.41, 5.74) is 1.18. The first kappa shape index (κ1) is 11.0. The van der Waals surface area contributed by atoms with Gasteiger partial charge in [0.15, 0.2) is 0 Å². The van der Waals surface area contributed by atoms with Crippen LogP contribution in [0.3, 0.4) is 0 Å². The molecule has 0 aliphatic heterocycles. The highest BCUT2D eigenvalue weighted by atomic mass is 35.5. The molecule has 0 aromatic heterocycles. The second kappa shape index (κ2) is 4.58. The molecule has 2 aromatic carbocycles. The maximum atomic E-state index is 5.80. The number of fused-ring (bicyclic) bond motifs is 1. The molecule has 2 heteroatoms. The minimum absolute atomic E-state index is 0.660. The maximum Gasteiger partial charge on any atom is 0.119 e. The van der Waals surface area contributed by atoms with E-state index < -0.39 is 0 Å². The van der Waals surface area contributed by atoms with Crippen LogP contribution >= 0.6 is 11.6 Å². The molecule has 0 atom stereocenters. The van der Waals surface area contributed by atoms with Crippen molar-refractivity contribution in [2.45, 2.75) is 6.42 Å². The van der Waals surface area contributed by atoms with Gasteiger partial charge in [0.25, 0.3) is 0 Å². The van der Waals surface area contributed by atoms with Crippen molar-refractivity contribution >= 4 is 22.4 Å². The molecule has 0 bridgehead atoms. The van der Waals surface area contributed by atoms with Crippen LogP contribution in [0.25, 0.3) is 10.8 Å². The van der Waals surface area contributed by atoms with Crippen molar-refractivity contribution in [3.05, 3.63) is 53.6 Å². The minimum atomic E-state index is 0.660. The van der Waals surface area contributed by atoms with Gasteiger partial charge in [0, 0.05) is 11.5 Å². The summed E-state index contributed by atoms with van der Waals surface area (Å²) in [6.45, 7) is 3.70. The van der Waals surface area contributed by atoms with E-state index in [1.54, 1.807) is 7.11 Å². The number of methoxy groups -OCH3 is 1. The van der Waals surface area contributed by atoms with Crippen molar-refractivity contribution < 1.29 is 4.74 Å². The fourth-order valence-corrected chi connectivity index (χ4v) is 1.89. The lowest BCUT2D eigenvalue weighted by atomic mass is 10.0. The van der Waals surface area contributed by atoms with Crippen molar-refractivity contribution in [1.29, 1.82) is 0 Å². The fraction of sp³-hybridized carbons (Fsp3) is 0.143. The van der Waals surface area contributed by atoms with Gasteiger partial charge in [0.1, 0.15) is 5.75 Å². The highest BCUT2D eigenvalue weighted by Gasteiger charge is 1.99. The predicted molar refractivity (Wildman–Crippen MR) is 69.2 cm³/mol. The van der Waals surface area contributed by atoms with E-state index in [1.807, 2.05) is 12.1 Å². The van der Waals surface area contributed by atoms with Crippen LogP contribution in [0.4, 0.5) is 0 Å². The molecular formula is C14H13ClO. The van der Waals surface area contributed by atoms with Crippen LogP contribution in [-0.2, 0) is 6.42 Å². The fourth-order valence-electron chi connectivity index (χ4n) is 1.73. The Morgan fingerprint density at radius 1 is 1.19 bits per heavy atom. The number of allylic oxidation sites excluding steroid dienone is 1. The van der Waals surface area contributed by atoms with E-state index in [0.29, 0.717) is 11.5 Å². The van der Waals surface area contributed by atoms with Crippen molar-refractivity contribution in [1.82, 2.24) is 0 Å². The average molecular weight is 233 g/mol. The molecule has 0 heterocycles. The van der Waals surface area contributed by atoms with Gasteiger partial charge in [-0.25, -0.2) is 0 Å². The van der Waals surface area contributed by atoms with E-state index in [9.17, 15) is 0 Å². The molecule has 0 spiro atoms. The molecule has 0 aliphatic rings. The Morgan fingerprint density at radius 2 is 1.88 bits per heavy atom. The smallest absolute Gasteiger partial charge is 0.119 e. The Hall–Kier alpha value is -1.47. The number of rotatable bonds is 3. The molecule has 2 rings (SSSR count). The van der Waals surface area contributed by atoms with Gasteiger partial charge in [-0.05, 0) is 28.5 Å². The molecule has 0 saturated carbocycles. The summed E-state index contributed by atoms with van der Waals surface area (Å²) in [6, 6.07) is 12.3. The number of hydrogen-bond acceptors (Lipinski definition) is 1. The number of ether oxygens (including phenoxy) is 1. The molecular weight excluding hydrogens is 220 g/mol. The van der Waals surface area contributed by atoms with Gasteiger partial charge in [-0.2, -0.15) is 0 Å². The Balaban J connectivity index is 2.43. The lowest BCUT2D eigenvalue weighted by Gasteiger charge is -2.05. The van der Waals surface area contributed by atoms with E-state index in [-0.39, 0.29) is 0 Å². The summed E-state index contributed by atoms with van der Waals surface area (Å²) in [6.07, 6.45) is 0.712. The summed E-state index contributed by atoms with van der Waals surface area (Å²) in [5, 5.41) is 3.02. The Bertz CT molecular complexity index is 531. The second-order valence-corrected chi connectivity index (χ2v) is 4.28. The molecule has 0 fully saturated rings. The van der Waals surface area contributed by atoms with E-state index in [1.165, 1.54) is 16.3 Å². The van der Waals surface area contributed by atoms with Crippen molar-refractivity contribution in [2.75, 3.05) is 7.11 Å². The van der Waals surface area contributed by atoms with Gasteiger partial charge in [-0.1, -0.05) is 42.4 Å². The molecule has 0 N–H and O–H groups in total. The zero-order valence-electron chi connectivity index (χ0n) is 9.16. The first-order chi connectivity index (χ1) is 7.69. The van der Waals surface area contributed by atoms with E-state index in [0.717, 1.165) is 5.75 Å². The Morgan fingerprint density at radius 3 is 2.56 bits per heavy atom. The summed E-state index contributed by atoms with van der Waals surface area (Å²) in [4.78, 5) is 0. The number of benzene rings is 2. The monoisotopic (exact) mass is 232 g/mol. The molecule has 0 unspecified atom stereocenters. The van der Waals surface area contributed by atoms with E-state index in [4.69, 9.17) is 16.3 Å². The minimum Gasteiger partial charge on any atom is -0.497 e. The van der Waals surface area contributed by atoms with Gasteiger partial charge in [-0.3, -0.25) is 0 Å². The van der Waals surface area contributed by atoms with Crippen LogP contribution in [0.2, 0.25) is 0 Å². The number of halogens is 1. The summed E-state index contributed by atoms with van der Waals surface area (Å²) < 4.78 is 5.18. The Labute approximate surface area is 100 Å². The van der Waals surface area contributed by atoms with Gasteiger partial charge in [0.2, 0.25) is 0 Å². The Kier molecular flexibility index (Phi) is 3.16. The third kappa shape index (κ3) is 2.37. The van der Waals surface area contributed by atoms with Crippen LogP contribution < -0.4 is 4.74 Å². The first-order valence-electron chi connectivity index (χ1n) is 5.09. The maximum absolute atomic E-state index is 5.80.